The Hall–Kier alpha value is -6.50. The molecule has 2 aliphatic carbocycles. The minimum atomic E-state index is 0.0122. The first-order valence-electron chi connectivity index (χ1n) is 19.1. The van der Waals surface area contributed by atoms with Crippen molar-refractivity contribution in [2.45, 2.75) is 26.2 Å². The van der Waals surface area contributed by atoms with Crippen LogP contribution >= 0.6 is 0 Å². The highest BCUT2D eigenvalue weighted by molar-refractivity contribution is 6.33. The fourth-order valence-electron chi connectivity index (χ4n) is 9.51. The van der Waals surface area contributed by atoms with Crippen LogP contribution in [-0.4, -0.2) is 0 Å². The van der Waals surface area contributed by atoms with Gasteiger partial charge in [0.05, 0.1) is 0 Å². The van der Waals surface area contributed by atoms with Crippen molar-refractivity contribution >= 4 is 21.5 Å². The maximum absolute atomic E-state index is 2.48. The molecular formula is C54H38. The van der Waals surface area contributed by atoms with Crippen LogP contribution in [-0.2, 0) is 5.41 Å². The van der Waals surface area contributed by atoms with Gasteiger partial charge in [0, 0.05) is 0 Å². The molecule has 0 aliphatic heterocycles. The van der Waals surface area contributed by atoms with Gasteiger partial charge in [-0.15, -0.1) is 0 Å². The van der Waals surface area contributed by atoms with Crippen LogP contribution in [0.4, 0.5) is 0 Å². The number of benzene rings is 9. The lowest BCUT2D eigenvalue weighted by Gasteiger charge is -2.24. The van der Waals surface area contributed by atoms with Gasteiger partial charge in [0.2, 0.25) is 0 Å². The van der Waals surface area contributed by atoms with Crippen molar-refractivity contribution in [1.29, 1.82) is 0 Å². The predicted molar refractivity (Wildman–Crippen MR) is 231 cm³/mol. The average Bonchev–Trinajstić information content (AvgIpc) is 3.73. The van der Waals surface area contributed by atoms with E-state index in [1.54, 1.807) is 0 Å². The molecule has 0 heteroatoms. The van der Waals surface area contributed by atoms with E-state index in [-0.39, 0.29) is 5.41 Å². The predicted octanol–water partition coefficient (Wildman–Crippen LogP) is 15.3. The second-order valence-electron chi connectivity index (χ2n) is 16.0. The van der Waals surface area contributed by atoms with Crippen molar-refractivity contribution in [1.82, 2.24) is 0 Å². The van der Waals surface area contributed by atoms with Crippen molar-refractivity contribution in [3.8, 4) is 89.0 Å². The zero-order valence-corrected chi connectivity index (χ0v) is 30.7. The summed E-state index contributed by atoms with van der Waals surface area (Å²) in [6.45, 7) is 6.96. The van der Waals surface area contributed by atoms with Gasteiger partial charge in [-0.1, -0.05) is 191 Å². The molecule has 0 amide bonds. The molecule has 54 heavy (non-hydrogen) atoms. The van der Waals surface area contributed by atoms with Gasteiger partial charge in [0.1, 0.15) is 0 Å². The molecule has 0 aromatic heterocycles. The SMILES string of the molecule is CC(C)(C)c1ccc2c(-c3ccccc3)c3c(c(-c4ccccc4)c2c1)-c1ccc2c4c(ccc-3c14)-c1c(-c3ccccc3)ccc(-c3ccccc3)c1-2. The smallest absolute Gasteiger partial charge is 0.000740 e. The van der Waals surface area contributed by atoms with Gasteiger partial charge < -0.3 is 0 Å². The summed E-state index contributed by atoms with van der Waals surface area (Å²) in [7, 11) is 0. The Morgan fingerprint density at radius 3 is 1.04 bits per heavy atom. The highest BCUT2D eigenvalue weighted by atomic mass is 14.4. The van der Waals surface area contributed by atoms with Gasteiger partial charge in [0.25, 0.3) is 0 Å². The van der Waals surface area contributed by atoms with Crippen molar-refractivity contribution in [2.75, 3.05) is 0 Å². The fourth-order valence-corrected chi connectivity index (χ4v) is 9.51. The standard InChI is InChI=1S/C54H38/c1-54(2,3)37-24-25-40-45(32-37)47(36-22-14-7-15-23-36)53-44-31-29-42-49-39(34-18-10-5-11-19-34)27-26-38(33-16-8-4-9-17-33)48(49)41-28-30-43(51(44)50(41)42)52(53)46(40)35-20-12-6-13-21-35/h4-32H,1-3H3. The minimum absolute atomic E-state index is 0.0122. The van der Waals surface area contributed by atoms with Gasteiger partial charge in [-0.05, 0) is 128 Å². The summed E-state index contributed by atoms with van der Waals surface area (Å²) in [6, 6.07) is 65.7. The topological polar surface area (TPSA) is 0 Å². The van der Waals surface area contributed by atoms with Crippen LogP contribution in [0.1, 0.15) is 26.3 Å². The molecule has 0 saturated heterocycles. The maximum atomic E-state index is 2.48. The van der Waals surface area contributed by atoms with E-state index >= 15 is 0 Å². The highest BCUT2D eigenvalue weighted by Gasteiger charge is 2.36. The number of rotatable bonds is 4. The third-order valence-corrected chi connectivity index (χ3v) is 11.9. The van der Waals surface area contributed by atoms with Crippen LogP contribution in [0, 0.1) is 0 Å². The van der Waals surface area contributed by atoms with Gasteiger partial charge in [-0.2, -0.15) is 0 Å². The lowest BCUT2D eigenvalue weighted by atomic mass is 9.79. The van der Waals surface area contributed by atoms with Crippen molar-refractivity contribution < 1.29 is 0 Å². The Morgan fingerprint density at radius 1 is 0.278 bits per heavy atom. The molecule has 0 unspecified atom stereocenters. The monoisotopic (exact) mass is 686 g/mol. The molecule has 0 radical (unpaired) electrons. The number of hydrogen-bond acceptors (Lipinski definition) is 0. The van der Waals surface area contributed by atoms with Crippen LogP contribution in [0.2, 0.25) is 0 Å². The van der Waals surface area contributed by atoms with Gasteiger partial charge >= 0.3 is 0 Å². The first-order valence-corrected chi connectivity index (χ1v) is 19.1. The molecule has 0 nitrogen and oxygen atoms in total. The molecule has 254 valence electrons. The Balaban J connectivity index is 1.31. The quantitative estimate of drug-likeness (QED) is 0.173. The van der Waals surface area contributed by atoms with E-state index < -0.39 is 0 Å². The Kier molecular flexibility index (Phi) is 6.61. The van der Waals surface area contributed by atoms with Crippen LogP contribution in [0.25, 0.3) is 111 Å². The molecule has 0 N–H and O–H groups in total. The van der Waals surface area contributed by atoms with E-state index in [1.165, 1.54) is 116 Å². The number of fused-ring (bicyclic) bond motifs is 7. The fraction of sp³-hybridized carbons (Fsp3) is 0.0741. The zero-order chi connectivity index (χ0) is 36.1. The molecule has 0 bridgehead atoms. The zero-order valence-electron chi connectivity index (χ0n) is 30.7. The normalized spacial score (nSPS) is 12.4. The van der Waals surface area contributed by atoms with E-state index in [0.717, 1.165) is 0 Å². The number of hydrogen-bond donors (Lipinski definition) is 0. The largest absolute Gasteiger partial charge is 0.0622 e. The summed E-state index contributed by atoms with van der Waals surface area (Å²) in [5.41, 5.74) is 22.2. The summed E-state index contributed by atoms with van der Waals surface area (Å²) < 4.78 is 0. The maximum Gasteiger partial charge on any atom is -0.000740 e. The Labute approximate surface area is 317 Å². The first-order chi connectivity index (χ1) is 26.5. The lowest BCUT2D eigenvalue weighted by molar-refractivity contribution is 0.591. The van der Waals surface area contributed by atoms with Gasteiger partial charge in [-0.25, -0.2) is 0 Å². The summed E-state index contributed by atoms with van der Waals surface area (Å²) in [5.74, 6) is 0. The highest BCUT2D eigenvalue weighted by Crippen LogP contribution is 2.63. The summed E-state index contributed by atoms with van der Waals surface area (Å²) in [4.78, 5) is 0. The second-order valence-corrected chi connectivity index (χ2v) is 16.0. The molecule has 9 aromatic rings. The van der Waals surface area contributed by atoms with Crippen LogP contribution in [0.3, 0.4) is 0 Å². The minimum Gasteiger partial charge on any atom is -0.0622 e. The molecule has 11 rings (SSSR count). The second kappa shape index (κ2) is 11.5. The van der Waals surface area contributed by atoms with Crippen molar-refractivity contribution in [3.05, 3.63) is 181 Å². The summed E-state index contributed by atoms with van der Waals surface area (Å²) >= 11 is 0. The molecule has 0 saturated carbocycles. The van der Waals surface area contributed by atoms with Crippen molar-refractivity contribution in [3.63, 3.8) is 0 Å². The first kappa shape index (κ1) is 31.1. The molecule has 0 fully saturated rings. The Bertz CT molecular complexity index is 2890. The molecule has 9 aromatic carbocycles. The van der Waals surface area contributed by atoms with E-state index in [4.69, 9.17) is 0 Å². The van der Waals surface area contributed by atoms with Gasteiger partial charge in [-0.3, -0.25) is 0 Å². The van der Waals surface area contributed by atoms with E-state index in [2.05, 4.69) is 197 Å². The van der Waals surface area contributed by atoms with Crippen LogP contribution in [0.15, 0.2) is 176 Å². The van der Waals surface area contributed by atoms with Gasteiger partial charge in [0.15, 0.2) is 0 Å². The van der Waals surface area contributed by atoms with Crippen LogP contribution < -0.4 is 0 Å². The average molecular weight is 687 g/mol. The van der Waals surface area contributed by atoms with Crippen LogP contribution in [0.5, 0.6) is 0 Å². The van der Waals surface area contributed by atoms with Crippen molar-refractivity contribution in [2.24, 2.45) is 0 Å². The van der Waals surface area contributed by atoms with E-state index in [0.29, 0.717) is 0 Å². The molecule has 0 atom stereocenters. The summed E-state index contributed by atoms with van der Waals surface area (Å²) in [5, 5.41) is 5.35. The Morgan fingerprint density at radius 2 is 0.630 bits per heavy atom. The molecule has 0 spiro atoms. The van der Waals surface area contributed by atoms with E-state index in [1.807, 2.05) is 0 Å². The summed E-state index contributed by atoms with van der Waals surface area (Å²) in [6.07, 6.45) is 0. The lowest BCUT2D eigenvalue weighted by Crippen LogP contribution is -2.10. The third kappa shape index (κ3) is 4.38. The molecule has 2 aliphatic rings. The third-order valence-electron chi connectivity index (χ3n) is 11.9. The van der Waals surface area contributed by atoms with E-state index in [9.17, 15) is 0 Å². The molecular weight excluding hydrogens is 649 g/mol. The molecule has 0 heterocycles.